The van der Waals surface area contributed by atoms with Crippen molar-refractivity contribution in [3.05, 3.63) is 59.4 Å². The summed E-state index contributed by atoms with van der Waals surface area (Å²) in [5, 5.41) is 5.70. The van der Waals surface area contributed by atoms with E-state index in [4.69, 9.17) is 0 Å². The molecule has 0 aliphatic rings. The first-order chi connectivity index (χ1) is 9.63. The van der Waals surface area contributed by atoms with Gasteiger partial charge in [0.1, 0.15) is 5.82 Å². The zero-order valence-electron chi connectivity index (χ0n) is 11.5. The standard InChI is InChI=1S/C16H17FN2O/c1-3-18-15-12(8-6-9-13(15)17)16(20)19-14-10-5-4-7-11(14)2/h4-10,18H,3H2,1-2H3,(H,19,20). The van der Waals surface area contributed by atoms with Gasteiger partial charge in [0, 0.05) is 12.2 Å². The molecule has 2 aromatic carbocycles. The maximum Gasteiger partial charge on any atom is 0.257 e. The van der Waals surface area contributed by atoms with Gasteiger partial charge in [0.05, 0.1) is 11.3 Å². The number of benzene rings is 2. The number of carbonyl (C=O) groups excluding carboxylic acids is 1. The summed E-state index contributed by atoms with van der Waals surface area (Å²) >= 11 is 0. The third-order valence-corrected chi connectivity index (χ3v) is 3.01. The lowest BCUT2D eigenvalue weighted by Crippen LogP contribution is -2.16. The Morgan fingerprint density at radius 2 is 1.90 bits per heavy atom. The van der Waals surface area contributed by atoms with Crippen molar-refractivity contribution in [1.29, 1.82) is 0 Å². The quantitative estimate of drug-likeness (QED) is 0.888. The van der Waals surface area contributed by atoms with Gasteiger partial charge >= 0.3 is 0 Å². The predicted octanol–water partition coefficient (Wildman–Crippen LogP) is 3.82. The molecule has 20 heavy (non-hydrogen) atoms. The Bertz CT molecular complexity index is 626. The molecule has 0 spiro atoms. The van der Waals surface area contributed by atoms with Crippen LogP contribution in [-0.4, -0.2) is 12.5 Å². The van der Waals surface area contributed by atoms with E-state index in [2.05, 4.69) is 10.6 Å². The average molecular weight is 272 g/mol. The van der Waals surface area contributed by atoms with Crippen molar-refractivity contribution in [2.45, 2.75) is 13.8 Å². The van der Waals surface area contributed by atoms with Gasteiger partial charge in [-0.25, -0.2) is 4.39 Å². The number of anilines is 2. The van der Waals surface area contributed by atoms with Crippen LogP contribution in [0.5, 0.6) is 0 Å². The van der Waals surface area contributed by atoms with E-state index in [0.29, 0.717) is 12.1 Å². The SMILES string of the molecule is CCNc1c(F)cccc1C(=O)Nc1ccccc1C. The molecule has 104 valence electrons. The Kier molecular flexibility index (Phi) is 4.35. The minimum absolute atomic E-state index is 0.237. The normalized spacial score (nSPS) is 10.2. The first-order valence-corrected chi connectivity index (χ1v) is 6.53. The molecule has 0 unspecified atom stereocenters. The summed E-state index contributed by atoms with van der Waals surface area (Å²) in [6.07, 6.45) is 0. The van der Waals surface area contributed by atoms with Crippen LogP contribution in [0.3, 0.4) is 0 Å². The maximum atomic E-state index is 13.8. The molecule has 0 saturated heterocycles. The zero-order valence-corrected chi connectivity index (χ0v) is 11.5. The highest BCUT2D eigenvalue weighted by Gasteiger charge is 2.15. The molecule has 2 N–H and O–H groups in total. The number of rotatable bonds is 4. The third kappa shape index (κ3) is 2.96. The summed E-state index contributed by atoms with van der Waals surface area (Å²) in [4.78, 5) is 12.3. The molecule has 0 aliphatic carbocycles. The molecule has 4 heteroatoms. The molecule has 2 aromatic rings. The Hall–Kier alpha value is -2.36. The van der Waals surface area contributed by atoms with Gasteiger partial charge in [0.2, 0.25) is 0 Å². The van der Waals surface area contributed by atoms with Gasteiger partial charge in [0.15, 0.2) is 0 Å². The van der Waals surface area contributed by atoms with Gasteiger partial charge in [-0.1, -0.05) is 24.3 Å². The number of para-hydroxylation sites is 2. The van der Waals surface area contributed by atoms with Crippen molar-refractivity contribution in [3.8, 4) is 0 Å². The summed E-state index contributed by atoms with van der Waals surface area (Å²) in [6, 6.07) is 11.9. The molecule has 0 heterocycles. The molecule has 1 amide bonds. The summed E-state index contributed by atoms with van der Waals surface area (Å²) in [5.74, 6) is -0.751. The Morgan fingerprint density at radius 1 is 1.15 bits per heavy atom. The van der Waals surface area contributed by atoms with Crippen LogP contribution in [-0.2, 0) is 0 Å². The molecule has 0 atom stereocenters. The van der Waals surface area contributed by atoms with E-state index in [-0.39, 0.29) is 11.6 Å². The summed E-state index contributed by atoms with van der Waals surface area (Å²) in [6.45, 7) is 4.31. The first-order valence-electron chi connectivity index (χ1n) is 6.53. The van der Waals surface area contributed by atoms with Gasteiger partial charge in [-0.15, -0.1) is 0 Å². The number of aryl methyl sites for hydroxylation is 1. The minimum Gasteiger partial charge on any atom is -0.382 e. The largest absolute Gasteiger partial charge is 0.382 e. The number of halogens is 1. The van der Waals surface area contributed by atoms with Crippen LogP contribution in [0.2, 0.25) is 0 Å². The highest BCUT2D eigenvalue weighted by atomic mass is 19.1. The van der Waals surface area contributed by atoms with Crippen molar-refractivity contribution in [2.24, 2.45) is 0 Å². The minimum atomic E-state index is -0.427. The second-order valence-electron chi connectivity index (χ2n) is 4.46. The molecule has 0 aromatic heterocycles. The van der Waals surface area contributed by atoms with Gasteiger partial charge < -0.3 is 10.6 Å². The number of amides is 1. The molecule has 0 radical (unpaired) electrons. The van der Waals surface area contributed by atoms with E-state index in [0.717, 1.165) is 11.3 Å². The van der Waals surface area contributed by atoms with Crippen molar-refractivity contribution < 1.29 is 9.18 Å². The van der Waals surface area contributed by atoms with E-state index < -0.39 is 5.82 Å². The third-order valence-electron chi connectivity index (χ3n) is 3.01. The lowest BCUT2D eigenvalue weighted by atomic mass is 10.1. The maximum absolute atomic E-state index is 13.8. The lowest BCUT2D eigenvalue weighted by molar-refractivity contribution is 0.102. The molecular weight excluding hydrogens is 255 g/mol. The van der Waals surface area contributed by atoms with E-state index >= 15 is 0 Å². The fourth-order valence-corrected chi connectivity index (χ4v) is 1.97. The molecule has 0 saturated carbocycles. The zero-order chi connectivity index (χ0) is 14.5. The van der Waals surface area contributed by atoms with Crippen LogP contribution < -0.4 is 10.6 Å². The second kappa shape index (κ2) is 6.19. The van der Waals surface area contributed by atoms with Crippen LogP contribution in [0.4, 0.5) is 15.8 Å². The van der Waals surface area contributed by atoms with Gasteiger partial charge in [-0.2, -0.15) is 0 Å². The Balaban J connectivity index is 2.30. The van der Waals surface area contributed by atoms with Crippen molar-refractivity contribution >= 4 is 17.3 Å². The molecule has 0 bridgehead atoms. The topological polar surface area (TPSA) is 41.1 Å². The van der Waals surface area contributed by atoms with Crippen LogP contribution in [0, 0.1) is 12.7 Å². The number of hydrogen-bond acceptors (Lipinski definition) is 2. The van der Waals surface area contributed by atoms with E-state index in [1.165, 1.54) is 12.1 Å². The van der Waals surface area contributed by atoms with Crippen LogP contribution in [0.1, 0.15) is 22.8 Å². The van der Waals surface area contributed by atoms with E-state index in [9.17, 15) is 9.18 Å². The van der Waals surface area contributed by atoms with Crippen molar-refractivity contribution in [3.63, 3.8) is 0 Å². The molecule has 3 nitrogen and oxygen atoms in total. The highest BCUT2D eigenvalue weighted by molar-refractivity contribution is 6.08. The van der Waals surface area contributed by atoms with Gasteiger partial charge in [-0.3, -0.25) is 4.79 Å². The Morgan fingerprint density at radius 3 is 2.60 bits per heavy atom. The Labute approximate surface area is 117 Å². The number of nitrogens with one attached hydrogen (secondary N) is 2. The van der Waals surface area contributed by atoms with E-state index in [1.807, 2.05) is 38.1 Å². The smallest absolute Gasteiger partial charge is 0.257 e. The lowest BCUT2D eigenvalue weighted by Gasteiger charge is -2.13. The van der Waals surface area contributed by atoms with Crippen LogP contribution >= 0.6 is 0 Å². The summed E-state index contributed by atoms with van der Waals surface area (Å²) in [7, 11) is 0. The number of carbonyl (C=O) groups is 1. The molecule has 2 rings (SSSR count). The fraction of sp³-hybridized carbons (Fsp3) is 0.188. The molecular formula is C16H17FN2O. The summed E-state index contributed by atoms with van der Waals surface area (Å²) < 4.78 is 13.8. The highest BCUT2D eigenvalue weighted by Crippen LogP contribution is 2.22. The molecule has 0 fully saturated rings. The number of hydrogen-bond donors (Lipinski definition) is 2. The average Bonchev–Trinajstić information content (AvgIpc) is 2.43. The molecule has 0 aliphatic heterocycles. The van der Waals surface area contributed by atoms with Crippen molar-refractivity contribution in [2.75, 3.05) is 17.2 Å². The fourth-order valence-electron chi connectivity index (χ4n) is 1.97. The predicted molar refractivity (Wildman–Crippen MR) is 79.7 cm³/mol. The van der Waals surface area contributed by atoms with Crippen molar-refractivity contribution in [1.82, 2.24) is 0 Å². The first kappa shape index (κ1) is 14.1. The van der Waals surface area contributed by atoms with Gasteiger partial charge in [-0.05, 0) is 37.6 Å². The second-order valence-corrected chi connectivity index (χ2v) is 4.46. The van der Waals surface area contributed by atoms with E-state index in [1.54, 1.807) is 6.07 Å². The summed E-state index contributed by atoms with van der Waals surface area (Å²) in [5.41, 5.74) is 2.22. The monoisotopic (exact) mass is 272 g/mol. The van der Waals surface area contributed by atoms with Crippen LogP contribution in [0.25, 0.3) is 0 Å². The van der Waals surface area contributed by atoms with Gasteiger partial charge in [0.25, 0.3) is 5.91 Å². The van der Waals surface area contributed by atoms with Crippen LogP contribution in [0.15, 0.2) is 42.5 Å².